The Hall–Kier alpha value is -1.96. The van der Waals surface area contributed by atoms with Gasteiger partial charge in [-0.3, -0.25) is 9.36 Å². The molecule has 0 saturated carbocycles. The Morgan fingerprint density at radius 3 is 2.68 bits per heavy atom. The van der Waals surface area contributed by atoms with Crippen LogP contribution in [-0.2, 0) is 11.3 Å². The van der Waals surface area contributed by atoms with Crippen LogP contribution < -0.4 is 5.32 Å². The van der Waals surface area contributed by atoms with Gasteiger partial charge in [0.15, 0.2) is 16.7 Å². The van der Waals surface area contributed by atoms with Gasteiger partial charge >= 0.3 is 0 Å². The van der Waals surface area contributed by atoms with Crippen LogP contribution in [0.4, 0.5) is 5.69 Å². The number of hydrogen-bond acceptors (Lipinski definition) is 5. The number of amides is 1. The van der Waals surface area contributed by atoms with E-state index < -0.39 is 5.25 Å². The number of anilines is 1. The average Bonchev–Trinajstić information content (AvgIpc) is 3.27. The lowest BCUT2D eigenvalue weighted by molar-refractivity contribution is -0.115. The van der Waals surface area contributed by atoms with Crippen molar-refractivity contribution in [1.82, 2.24) is 14.8 Å². The maximum atomic E-state index is 12.6. The molecule has 0 aliphatic carbocycles. The molecule has 6 nitrogen and oxygen atoms in total. The number of nitrogens with zero attached hydrogens (tertiary/aromatic N) is 3. The van der Waals surface area contributed by atoms with Crippen LogP contribution in [0.15, 0.2) is 46.2 Å². The summed E-state index contributed by atoms with van der Waals surface area (Å²) in [5, 5.41) is 12.5. The predicted molar refractivity (Wildman–Crippen MR) is 113 cm³/mol. The molecule has 0 bridgehead atoms. The van der Waals surface area contributed by atoms with Gasteiger partial charge in [0.05, 0.1) is 22.2 Å². The predicted octanol–water partition coefficient (Wildman–Crippen LogP) is 5.62. The standard InChI is InChI=1S/C19H20Cl2N4O2S/c1-11(2)10-25-17(16-5-4-8-27-16)23-24-19(25)28-12(3)18(26)22-15-7-6-13(20)9-14(15)21/h4-9,11-12H,10H2,1-3H3,(H,22,26). The van der Waals surface area contributed by atoms with E-state index in [9.17, 15) is 4.79 Å². The minimum atomic E-state index is -0.411. The lowest BCUT2D eigenvalue weighted by Crippen LogP contribution is -2.23. The molecule has 0 saturated heterocycles. The molecule has 0 fully saturated rings. The molecule has 0 aliphatic rings. The fourth-order valence-electron chi connectivity index (χ4n) is 2.53. The van der Waals surface area contributed by atoms with Gasteiger partial charge in [-0.1, -0.05) is 48.8 Å². The highest BCUT2D eigenvalue weighted by atomic mass is 35.5. The second-order valence-corrected chi connectivity index (χ2v) is 8.81. The quantitative estimate of drug-likeness (QED) is 0.484. The van der Waals surface area contributed by atoms with Gasteiger partial charge in [0, 0.05) is 11.6 Å². The largest absolute Gasteiger partial charge is 0.461 e. The van der Waals surface area contributed by atoms with Gasteiger partial charge < -0.3 is 9.73 Å². The Morgan fingerprint density at radius 1 is 1.25 bits per heavy atom. The van der Waals surface area contributed by atoms with E-state index in [0.29, 0.717) is 44.9 Å². The van der Waals surface area contributed by atoms with Gasteiger partial charge in [-0.05, 0) is 43.2 Å². The number of halogens is 2. The minimum Gasteiger partial charge on any atom is -0.461 e. The molecular weight excluding hydrogens is 419 g/mol. The molecule has 1 amide bonds. The molecule has 1 aromatic carbocycles. The lowest BCUT2D eigenvalue weighted by Gasteiger charge is -2.15. The summed E-state index contributed by atoms with van der Waals surface area (Å²) in [6.45, 7) is 6.74. The number of rotatable bonds is 7. The lowest BCUT2D eigenvalue weighted by atomic mass is 10.2. The van der Waals surface area contributed by atoms with Gasteiger partial charge in [-0.15, -0.1) is 10.2 Å². The van der Waals surface area contributed by atoms with Crippen molar-refractivity contribution in [2.24, 2.45) is 5.92 Å². The third-order valence-corrected chi connectivity index (χ3v) is 5.47. The molecule has 1 atom stereocenters. The van der Waals surface area contributed by atoms with Crippen molar-refractivity contribution in [2.45, 2.75) is 37.7 Å². The van der Waals surface area contributed by atoms with Crippen LogP contribution in [0.5, 0.6) is 0 Å². The molecule has 1 unspecified atom stereocenters. The summed E-state index contributed by atoms with van der Waals surface area (Å²) in [5.74, 6) is 1.48. The van der Waals surface area contributed by atoms with E-state index in [1.807, 2.05) is 23.6 Å². The molecule has 3 rings (SSSR count). The molecule has 148 valence electrons. The number of carbonyl (C=O) groups is 1. The molecule has 9 heteroatoms. The summed E-state index contributed by atoms with van der Waals surface area (Å²) in [6.07, 6.45) is 1.60. The van der Waals surface area contributed by atoms with Crippen molar-refractivity contribution in [3.05, 3.63) is 46.6 Å². The summed E-state index contributed by atoms with van der Waals surface area (Å²) in [4.78, 5) is 12.6. The fraction of sp³-hybridized carbons (Fsp3) is 0.316. The number of carbonyl (C=O) groups excluding carboxylic acids is 1. The average molecular weight is 439 g/mol. The van der Waals surface area contributed by atoms with Crippen molar-refractivity contribution in [3.63, 3.8) is 0 Å². The van der Waals surface area contributed by atoms with Gasteiger partial charge in [0.2, 0.25) is 5.91 Å². The van der Waals surface area contributed by atoms with E-state index in [-0.39, 0.29) is 5.91 Å². The monoisotopic (exact) mass is 438 g/mol. The second-order valence-electron chi connectivity index (χ2n) is 6.66. The highest BCUT2D eigenvalue weighted by molar-refractivity contribution is 8.00. The molecule has 3 aromatic rings. The maximum absolute atomic E-state index is 12.6. The smallest absolute Gasteiger partial charge is 0.237 e. The van der Waals surface area contributed by atoms with Crippen LogP contribution >= 0.6 is 35.0 Å². The van der Waals surface area contributed by atoms with Crippen LogP contribution in [-0.4, -0.2) is 25.9 Å². The van der Waals surface area contributed by atoms with E-state index >= 15 is 0 Å². The molecule has 2 aromatic heterocycles. The van der Waals surface area contributed by atoms with Crippen LogP contribution in [0.25, 0.3) is 11.6 Å². The second kappa shape index (κ2) is 9.03. The van der Waals surface area contributed by atoms with Crippen LogP contribution in [0.3, 0.4) is 0 Å². The Kier molecular flexibility index (Phi) is 6.69. The fourth-order valence-corrected chi connectivity index (χ4v) is 3.84. The minimum absolute atomic E-state index is 0.187. The number of nitrogens with one attached hydrogen (secondary N) is 1. The van der Waals surface area contributed by atoms with Gasteiger partial charge in [0.1, 0.15) is 0 Å². The van der Waals surface area contributed by atoms with E-state index in [2.05, 4.69) is 29.4 Å². The number of aromatic nitrogens is 3. The Morgan fingerprint density at radius 2 is 2.04 bits per heavy atom. The summed E-state index contributed by atoms with van der Waals surface area (Å²) >= 11 is 13.4. The zero-order chi connectivity index (χ0) is 20.3. The Labute approximate surface area is 177 Å². The van der Waals surface area contributed by atoms with Crippen molar-refractivity contribution in [1.29, 1.82) is 0 Å². The number of benzene rings is 1. The third-order valence-electron chi connectivity index (χ3n) is 3.85. The zero-order valence-corrected chi connectivity index (χ0v) is 18.0. The number of furan rings is 1. The highest BCUT2D eigenvalue weighted by Gasteiger charge is 2.22. The van der Waals surface area contributed by atoms with Gasteiger partial charge in [-0.2, -0.15) is 0 Å². The first kappa shape index (κ1) is 20.8. The van der Waals surface area contributed by atoms with Crippen molar-refractivity contribution in [3.8, 4) is 11.6 Å². The van der Waals surface area contributed by atoms with Gasteiger partial charge in [0.25, 0.3) is 0 Å². The van der Waals surface area contributed by atoms with E-state index in [1.54, 1.807) is 24.5 Å². The topological polar surface area (TPSA) is 73.0 Å². The van der Waals surface area contributed by atoms with Crippen molar-refractivity contribution < 1.29 is 9.21 Å². The molecule has 0 spiro atoms. The van der Waals surface area contributed by atoms with E-state index in [0.717, 1.165) is 0 Å². The molecular formula is C19H20Cl2N4O2S. The van der Waals surface area contributed by atoms with E-state index in [1.165, 1.54) is 11.8 Å². The van der Waals surface area contributed by atoms with Crippen molar-refractivity contribution in [2.75, 3.05) is 5.32 Å². The third kappa shape index (κ3) is 4.90. The first-order valence-electron chi connectivity index (χ1n) is 8.74. The van der Waals surface area contributed by atoms with Crippen molar-refractivity contribution >= 4 is 46.6 Å². The maximum Gasteiger partial charge on any atom is 0.237 e. The first-order valence-corrected chi connectivity index (χ1v) is 10.4. The summed E-state index contributed by atoms with van der Waals surface area (Å²) in [7, 11) is 0. The summed E-state index contributed by atoms with van der Waals surface area (Å²) < 4.78 is 7.45. The van der Waals surface area contributed by atoms with E-state index in [4.69, 9.17) is 27.6 Å². The SMILES string of the molecule is CC(C)Cn1c(SC(C)C(=O)Nc2ccc(Cl)cc2Cl)nnc1-c1ccco1. The molecule has 28 heavy (non-hydrogen) atoms. The summed E-state index contributed by atoms with van der Waals surface area (Å²) in [6, 6.07) is 8.59. The summed E-state index contributed by atoms with van der Waals surface area (Å²) in [5.41, 5.74) is 0.517. The Bertz CT molecular complexity index is 957. The molecule has 2 heterocycles. The first-order chi connectivity index (χ1) is 13.3. The normalized spacial score (nSPS) is 12.4. The Balaban J connectivity index is 1.77. The van der Waals surface area contributed by atoms with Gasteiger partial charge in [-0.25, -0.2) is 0 Å². The molecule has 0 aliphatic heterocycles. The number of hydrogen-bond donors (Lipinski definition) is 1. The number of thioether (sulfide) groups is 1. The molecule has 1 N–H and O–H groups in total. The zero-order valence-electron chi connectivity index (χ0n) is 15.6. The van der Waals surface area contributed by atoms with Crippen LogP contribution in [0, 0.1) is 5.92 Å². The van der Waals surface area contributed by atoms with Crippen LogP contribution in [0.2, 0.25) is 10.0 Å². The van der Waals surface area contributed by atoms with Crippen LogP contribution in [0.1, 0.15) is 20.8 Å². The highest BCUT2D eigenvalue weighted by Crippen LogP contribution is 2.30. The molecule has 0 radical (unpaired) electrons.